The van der Waals surface area contributed by atoms with Crippen LogP contribution in [0.2, 0.25) is 10.0 Å². The van der Waals surface area contributed by atoms with E-state index in [1.807, 2.05) is 12.1 Å². The first-order valence-electron chi connectivity index (χ1n) is 4.04. The Bertz CT molecular complexity index is 426. The molecule has 0 amide bonds. The van der Waals surface area contributed by atoms with E-state index in [1.54, 1.807) is 23.1 Å². The van der Waals surface area contributed by atoms with Gasteiger partial charge in [-0.25, -0.2) is 4.68 Å². The van der Waals surface area contributed by atoms with Gasteiger partial charge in [-0.1, -0.05) is 34.5 Å². The van der Waals surface area contributed by atoms with Crippen LogP contribution in [0.4, 0.5) is 0 Å². The van der Waals surface area contributed by atoms with Crippen molar-refractivity contribution in [3.8, 4) is 0 Å². The number of aromatic nitrogens is 3. The second-order valence-electron chi connectivity index (χ2n) is 2.85. The number of hydrogen-bond acceptors (Lipinski definition) is 2. The molecule has 2 rings (SSSR count). The molecule has 1 heterocycles. The average Bonchev–Trinajstić information content (AvgIpc) is 2.64. The third-order valence-electron chi connectivity index (χ3n) is 1.80. The zero-order chi connectivity index (χ0) is 9.97. The van der Waals surface area contributed by atoms with Crippen LogP contribution in [0.25, 0.3) is 0 Å². The van der Waals surface area contributed by atoms with Gasteiger partial charge in [0.2, 0.25) is 0 Å². The predicted molar refractivity (Wildman–Crippen MR) is 55.6 cm³/mol. The van der Waals surface area contributed by atoms with Crippen LogP contribution in [-0.4, -0.2) is 15.0 Å². The van der Waals surface area contributed by atoms with Crippen molar-refractivity contribution in [3.63, 3.8) is 0 Å². The predicted octanol–water partition coefficient (Wildman–Crippen LogP) is 2.63. The van der Waals surface area contributed by atoms with E-state index in [4.69, 9.17) is 23.2 Å². The van der Waals surface area contributed by atoms with Crippen LogP contribution in [0.15, 0.2) is 30.6 Å². The molecule has 0 aliphatic rings. The van der Waals surface area contributed by atoms with Gasteiger partial charge in [0, 0.05) is 6.20 Å². The van der Waals surface area contributed by atoms with Gasteiger partial charge < -0.3 is 0 Å². The molecule has 0 fully saturated rings. The summed E-state index contributed by atoms with van der Waals surface area (Å²) in [4.78, 5) is 0. The molecular weight excluding hydrogens is 221 g/mol. The van der Waals surface area contributed by atoms with Crippen molar-refractivity contribution in [1.82, 2.24) is 15.0 Å². The lowest BCUT2D eigenvalue weighted by Crippen LogP contribution is -2.00. The van der Waals surface area contributed by atoms with Crippen LogP contribution in [0.5, 0.6) is 0 Å². The highest BCUT2D eigenvalue weighted by atomic mass is 35.5. The summed E-state index contributed by atoms with van der Waals surface area (Å²) in [6.07, 6.45) is 3.43. The summed E-state index contributed by atoms with van der Waals surface area (Å²) in [7, 11) is 0. The summed E-state index contributed by atoms with van der Waals surface area (Å²) >= 11 is 11.7. The van der Waals surface area contributed by atoms with E-state index >= 15 is 0 Å². The molecule has 0 radical (unpaired) electrons. The summed E-state index contributed by atoms with van der Waals surface area (Å²) in [5, 5.41) is 8.69. The van der Waals surface area contributed by atoms with Gasteiger partial charge in [0.05, 0.1) is 22.8 Å². The van der Waals surface area contributed by atoms with Crippen LogP contribution in [-0.2, 0) is 6.54 Å². The minimum absolute atomic E-state index is 0.560. The van der Waals surface area contributed by atoms with Gasteiger partial charge >= 0.3 is 0 Å². The van der Waals surface area contributed by atoms with E-state index in [-0.39, 0.29) is 0 Å². The molecule has 0 atom stereocenters. The van der Waals surface area contributed by atoms with Crippen molar-refractivity contribution in [3.05, 3.63) is 46.2 Å². The Hall–Kier alpha value is -1.06. The maximum Gasteiger partial charge on any atom is 0.0693 e. The van der Waals surface area contributed by atoms with Gasteiger partial charge in [-0.05, 0) is 17.7 Å². The van der Waals surface area contributed by atoms with Crippen molar-refractivity contribution in [2.24, 2.45) is 0 Å². The zero-order valence-corrected chi connectivity index (χ0v) is 8.70. The first kappa shape index (κ1) is 9.49. The van der Waals surface area contributed by atoms with Gasteiger partial charge in [-0.2, -0.15) is 0 Å². The number of benzene rings is 1. The molecule has 2 aromatic rings. The maximum absolute atomic E-state index is 5.88. The SMILES string of the molecule is Clc1ccc(Cn2ccnn2)cc1Cl. The molecule has 14 heavy (non-hydrogen) atoms. The van der Waals surface area contributed by atoms with E-state index in [1.165, 1.54) is 0 Å². The van der Waals surface area contributed by atoms with Crippen molar-refractivity contribution in [1.29, 1.82) is 0 Å². The van der Waals surface area contributed by atoms with Gasteiger partial charge in [-0.15, -0.1) is 5.10 Å². The van der Waals surface area contributed by atoms with E-state index in [0.717, 1.165) is 5.56 Å². The highest BCUT2D eigenvalue weighted by Gasteiger charge is 2.00. The fourth-order valence-electron chi connectivity index (χ4n) is 1.14. The Balaban J connectivity index is 2.22. The minimum Gasteiger partial charge on any atom is -0.248 e. The van der Waals surface area contributed by atoms with Crippen LogP contribution < -0.4 is 0 Å². The van der Waals surface area contributed by atoms with Crippen molar-refractivity contribution in [2.75, 3.05) is 0 Å². The lowest BCUT2D eigenvalue weighted by Gasteiger charge is -2.02. The fourth-order valence-corrected chi connectivity index (χ4v) is 1.46. The fraction of sp³-hybridized carbons (Fsp3) is 0.111. The van der Waals surface area contributed by atoms with Crippen LogP contribution >= 0.6 is 23.2 Å². The summed E-state index contributed by atoms with van der Waals surface area (Å²) in [6.45, 7) is 0.650. The first-order chi connectivity index (χ1) is 6.75. The van der Waals surface area contributed by atoms with Gasteiger partial charge in [0.25, 0.3) is 0 Å². The van der Waals surface area contributed by atoms with Crippen LogP contribution in [0, 0.1) is 0 Å². The standard InChI is InChI=1S/C9H7Cl2N3/c10-8-2-1-7(5-9(8)11)6-14-4-3-12-13-14/h1-5H,6H2. The minimum atomic E-state index is 0.560. The average molecular weight is 228 g/mol. The monoisotopic (exact) mass is 227 g/mol. The third kappa shape index (κ3) is 2.05. The largest absolute Gasteiger partial charge is 0.248 e. The lowest BCUT2D eigenvalue weighted by atomic mass is 10.2. The van der Waals surface area contributed by atoms with Gasteiger partial charge in [0.1, 0.15) is 0 Å². The zero-order valence-electron chi connectivity index (χ0n) is 7.19. The van der Waals surface area contributed by atoms with E-state index < -0.39 is 0 Å². The molecule has 0 unspecified atom stereocenters. The Labute approximate surface area is 91.3 Å². The lowest BCUT2D eigenvalue weighted by molar-refractivity contribution is 0.650. The number of halogens is 2. The Kier molecular flexibility index (Phi) is 2.70. The molecular formula is C9H7Cl2N3. The number of nitrogens with zero attached hydrogens (tertiary/aromatic N) is 3. The normalized spacial score (nSPS) is 10.4. The van der Waals surface area contributed by atoms with E-state index in [2.05, 4.69) is 10.3 Å². The van der Waals surface area contributed by atoms with Gasteiger partial charge in [-0.3, -0.25) is 0 Å². The molecule has 5 heteroatoms. The quantitative estimate of drug-likeness (QED) is 0.790. The Morgan fingerprint density at radius 2 is 2.07 bits per heavy atom. The highest BCUT2D eigenvalue weighted by molar-refractivity contribution is 6.42. The molecule has 0 aliphatic heterocycles. The van der Waals surface area contributed by atoms with Crippen LogP contribution in [0.1, 0.15) is 5.56 Å². The summed E-state index contributed by atoms with van der Waals surface area (Å²) in [5.74, 6) is 0. The smallest absolute Gasteiger partial charge is 0.0693 e. The summed E-state index contributed by atoms with van der Waals surface area (Å²) < 4.78 is 1.72. The molecule has 0 saturated carbocycles. The molecule has 0 saturated heterocycles. The maximum atomic E-state index is 5.88. The molecule has 72 valence electrons. The van der Waals surface area contributed by atoms with Crippen molar-refractivity contribution in [2.45, 2.75) is 6.54 Å². The summed E-state index contributed by atoms with van der Waals surface area (Å²) in [6, 6.07) is 5.51. The third-order valence-corrected chi connectivity index (χ3v) is 2.54. The second kappa shape index (κ2) is 3.98. The first-order valence-corrected chi connectivity index (χ1v) is 4.79. The van der Waals surface area contributed by atoms with Crippen LogP contribution in [0.3, 0.4) is 0 Å². The molecule has 0 aliphatic carbocycles. The van der Waals surface area contributed by atoms with Crippen molar-refractivity contribution < 1.29 is 0 Å². The Morgan fingerprint density at radius 3 is 2.71 bits per heavy atom. The molecule has 1 aromatic heterocycles. The van der Waals surface area contributed by atoms with E-state index in [9.17, 15) is 0 Å². The molecule has 0 bridgehead atoms. The second-order valence-corrected chi connectivity index (χ2v) is 3.66. The van der Waals surface area contributed by atoms with Crippen molar-refractivity contribution >= 4 is 23.2 Å². The van der Waals surface area contributed by atoms with Gasteiger partial charge in [0.15, 0.2) is 0 Å². The van der Waals surface area contributed by atoms with E-state index in [0.29, 0.717) is 16.6 Å². The molecule has 0 spiro atoms. The number of rotatable bonds is 2. The molecule has 1 aromatic carbocycles. The molecule has 3 nitrogen and oxygen atoms in total. The molecule has 0 N–H and O–H groups in total. The highest BCUT2D eigenvalue weighted by Crippen LogP contribution is 2.22. The number of hydrogen-bond donors (Lipinski definition) is 0. The topological polar surface area (TPSA) is 30.7 Å². The summed E-state index contributed by atoms with van der Waals surface area (Å²) in [5.41, 5.74) is 1.05. The Morgan fingerprint density at radius 1 is 1.21 bits per heavy atom.